The van der Waals surface area contributed by atoms with Gasteiger partial charge in [-0.15, -0.1) is 0 Å². The molecule has 0 N–H and O–H groups in total. The monoisotopic (exact) mass is 310 g/mol. The topological polar surface area (TPSA) is 52.6 Å². The quantitative estimate of drug-likeness (QED) is 0.587. The maximum absolute atomic E-state index is 11.7. The van der Waals surface area contributed by atoms with Crippen molar-refractivity contribution in [1.82, 2.24) is 0 Å². The van der Waals surface area contributed by atoms with Crippen LogP contribution >= 0.6 is 15.9 Å². The summed E-state index contributed by atoms with van der Waals surface area (Å²) >= 11 is 3.43. The summed E-state index contributed by atoms with van der Waals surface area (Å²) in [5.74, 6) is 0.542. The van der Waals surface area contributed by atoms with E-state index >= 15 is 0 Å². The van der Waals surface area contributed by atoms with Crippen LogP contribution in [0.25, 0.3) is 0 Å². The molecule has 6 heteroatoms. The standard InChI is InChI=1S/C10H15BrO4S/c1-2-8(11)14-9-5-3-6-7(4-5)16(12,13)15-10(6)9/h5-10H,2-4H2,1H3. The molecule has 4 nitrogen and oxygen atoms in total. The lowest BCUT2D eigenvalue weighted by Gasteiger charge is -2.27. The maximum Gasteiger partial charge on any atom is 0.270 e. The summed E-state index contributed by atoms with van der Waals surface area (Å²) in [6, 6.07) is 0. The molecule has 2 bridgehead atoms. The van der Waals surface area contributed by atoms with Gasteiger partial charge < -0.3 is 4.74 Å². The second kappa shape index (κ2) is 3.67. The zero-order valence-corrected chi connectivity index (χ0v) is 11.4. The number of alkyl halides is 1. The fourth-order valence-electron chi connectivity index (χ4n) is 3.34. The first-order valence-electron chi connectivity index (χ1n) is 5.74. The molecule has 3 aliphatic rings. The van der Waals surface area contributed by atoms with E-state index < -0.39 is 10.1 Å². The molecule has 0 aromatic heterocycles. The first-order chi connectivity index (χ1) is 7.53. The Morgan fingerprint density at radius 2 is 2.25 bits per heavy atom. The van der Waals surface area contributed by atoms with Crippen LogP contribution in [0.5, 0.6) is 0 Å². The van der Waals surface area contributed by atoms with E-state index in [4.69, 9.17) is 8.92 Å². The highest BCUT2D eigenvalue weighted by molar-refractivity contribution is 9.09. The molecule has 3 rings (SSSR count). The number of ether oxygens (including phenoxy) is 1. The van der Waals surface area contributed by atoms with Crippen LogP contribution in [0, 0.1) is 11.8 Å². The van der Waals surface area contributed by atoms with E-state index in [-0.39, 0.29) is 28.4 Å². The van der Waals surface area contributed by atoms with Crippen LogP contribution in [0.1, 0.15) is 26.2 Å². The van der Waals surface area contributed by atoms with Gasteiger partial charge in [-0.1, -0.05) is 22.9 Å². The largest absolute Gasteiger partial charge is 0.361 e. The van der Waals surface area contributed by atoms with Crippen molar-refractivity contribution < 1.29 is 17.3 Å². The van der Waals surface area contributed by atoms with Crippen molar-refractivity contribution in [3.8, 4) is 0 Å². The fraction of sp³-hybridized carbons (Fsp3) is 1.00. The van der Waals surface area contributed by atoms with Crippen molar-refractivity contribution in [2.75, 3.05) is 0 Å². The third kappa shape index (κ3) is 1.50. The summed E-state index contributed by atoms with van der Waals surface area (Å²) in [5.41, 5.74) is 0. The molecule has 1 heterocycles. The highest BCUT2D eigenvalue weighted by atomic mass is 79.9. The summed E-state index contributed by atoms with van der Waals surface area (Å²) < 4.78 is 34.4. The van der Waals surface area contributed by atoms with Gasteiger partial charge in [0, 0.05) is 5.92 Å². The Labute approximate surface area is 104 Å². The molecule has 0 spiro atoms. The minimum Gasteiger partial charge on any atom is -0.361 e. The first kappa shape index (κ1) is 11.4. The molecule has 1 saturated heterocycles. The summed E-state index contributed by atoms with van der Waals surface area (Å²) in [6.07, 6.45) is 2.28. The predicted molar refractivity (Wildman–Crippen MR) is 61.7 cm³/mol. The molecule has 1 aliphatic heterocycles. The minimum absolute atomic E-state index is 0.00204. The zero-order valence-electron chi connectivity index (χ0n) is 9.00. The van der Waals surface area contributed by atoms with Gasteiger partial charge in [-0.25, -0.2) is 0 Å². The summed E-state index contributed by atoms with van der Waals surface area (Å²) in [5, 5.41) is -0.250. The van der Waals surface area contributed by atoms with Crippen LogP contribution in [0.3, 0.4) is 0 Å². The second-order valence-corrected chi connectivity index (χ2v) is 7.71. The Morgan fingerprint density at radius 1 is 1.50 bits per heavy atom. The predicted octanol–water partition coefficient (Wildman–Crippen LogP) is 1.64. The molecular weight excluding hydrogens is 296 g/mol. The molecule has 0 amide bonds. The number of hydrogen-bond donors (Lipinski definition) is 0. The third-order valence-corrected chi connectivity index (χ3v) is 6.68. The lowest BCUT2D eigenvalue weighted by molar-refractivity contribution is -0.0474. The Morgan fingerprint density at radius 3 is 2.94 bits per heavy atom. The van der Waals surface area contributed by atoms with Gasteiger partial charge in [0.2, 0.25) is 0 Å². The maximum atomic E-state index is 11.7. The van der Waals surface area contributed by atoms with Gasteiger partial charge in [0.05, 0.1) is 11.4 Å². The zero-order chi connectivity index (χ0) is 11.5. The lowest BCUT2D eigenvalue weighted by atomic mass is 9.94. The summed E-state index contributed by atoms with van der Waals surface area (Å²) in [7, 11) is -3.30. The Bertz CT molecular complexity index is 396. The Kier molecular flexibility index (Phi) is 2.62. The molecule has 0 radical (unpaired) electrons. The Balaban J connectivity index is 1.81. The van der Waals surface area contributed by atoms with Gasteiger partial charge in [0.25, 0.3) is 10.1 Å². The van der Waals surface area contributed by atoms with Crippen LogP contribution in [0.4, 0.5) is 0 Å². The average molecular weight is 311 g/mol. The lowest BCUT2D eigenvalue weighted by Crippen LogP contribution is -2.37. The van der Waals surface area contributed by atoms with Crippen LogP contribution < -0.4 is 0 Å². The fourth-order valence-corrected chi connectivity index (χ4v) is 5.47. The number of rotatable bonds is 3. The van der Waals surface area contributed by atoms with E-state index in [1.54, 1.807) is 0 Å². The van der Waals surface area contributed by atoms with Gasteiger partial charge >= 0.3 is 0 Å². The third-order valence-electron chi connectivity index (χ3n) is 4.04. The molecule has 92 valence electrons. The average Bonchev–Trinajstić information content (AvgIpc) is 2.81. The van der Waals surface area contributed by atoms with Crippen molar-refractivity contribution in [1.29, 1.82) is 0 Å². The van der Waals surface area contributed by atoms with Crippen LogP contribution in [0.2, 0.25) is 0 Å². The molecule has 3 fully saturated rings. The van der Waals surface area contributed by atoms with Crippen molar-refractivity contribution in [2.45, 2.75) is 48.7 Å². The molecule has 2 saturated carbocycles. The van der Waals surface area contributed by atoms with Gasteiger partial charge in [-0.05, 0) is 25.2 Å². The molecule has 16 heavy (non-hydrogen) atoms. The normalized spacial score (nSPS) is 49.8. The SMILES string of the molecule is CCC(Br)OC1C2CC3C1OS(=O)(=O)C3C2. The summed E-state index contributed by atoms with van der Waals surface area (Å²) in [4.78, 5) is 0. The van der Waals surface area contributed by atoms with Gasteiger partial charge in [-0.2, -0.15) is 8.42 Å². The smallest absolute Gasteiger partial charge is 0.270 e. The van der Waals surface area contributed by atoms with E-state index in [9.17, 15) is 8.42 Å². The van der Waals surface area contributed by atoms with Gasteiger partial charge in [0.15, 0.2) is 0 Å². The van der Waals surface area contributed by atoms with Crippen molar-refractivity contribution >= 4 is 26.0 Å². The van der Waals surface area contributed by atoms with Gasteiger partial charge in [-0.3, -0.25) is 4.18 Å². The first-order valence-corrected chi connectivity index (χ1v) is 8.13. The van der Waals surface area contributed by atoms with E-state index in [1.807, 2.05) is 6.92 Å². The molecule has 6 unspecified atom stereocenters. The number of hydrogen-bond acceptors (Lipinski definition) is 4. The molecule has 0 aromatic rings. The van der Waals surface area contributed by atoms with Crippen LogP contribution in [0.15, 0.2) is 0 Å². The minimum atomic E-state index is -3.30. The number of fused-ring (bicyclic) bond motifs is 1. The highest BCUT2D eigenvalue weighted by Crippen LogP contribution is 2.55. The molecule has 6 atom stereocenters. The van der Waals surface area contributed by atoms with Crippen LogP contribution in [-0.4, -0.2) is 30.9 Å². The second-order valence-electron chi connectivity index (χ2n) is 4.91. The van der Waals surface area contributed by atoms with Crippen molar-refractivity contribution in [3.05, 3.63) is 0 Å². The van der Waals surface area contributed by atoms with Crippen LogP contribution in [-0.2, 0) is 19.0 Å². The molecular formula is C10H15BrO4S. The molecule has 2 aliphatic carbocycles. The van der Waals surface area contributed by atoms with E-state index in [2.05, 4.69) is 15.9 Å². The highest BCUT2D eigenvalue weighted by Gasteiger charge is 2.64. The Hall–Kier alpha value is 0.350. The van der Waals surface area contributed by atoms with Crippen molar-refractivity contribution in [3.63, 3.8) is 0 Å². The van der Waals surface area contributed by atoms with E-state index in [0.29, 0.717) is 5.92 Å². The number of halogens is 1. The van der Waals surface area contributed by atoms with Gasteiger partial charge in [0.1, 0.15) is 11.1 Å². The van der Waals surface area contributed by atoms with E-state index in [1.165, 1.54) is 0 Å². The summed E-state index contributed by atoms with van der Waals surface area (Å²) in [6.45, 7) is 2.03. The van der Waals surface area contributed by atoms with E-state index in [0.717, 1.165) is 19.3 Å². The molecule has 0 aromatic carbocycles. The van der Waals surface area contributed by atoms with Crippen molar-refractivity contribution in [2.24, 2.45) is 11.8 Å².